The number of aromatic nitrogens is 3. The second-order valence-corrected chi connectivity index (χ2v) is 6.63. The van der Waals surface area contributed by atoms with Crippen molar-refractivity contribution in [3.63, 3.8) is 0 Å². The summed E-state index contributed by atoms with van der Waals surface area (Å²) in [7, 11) is 0. The van der Waals surface area contributed by atoms with E-state index < -0.39 is 0 Å². The first kappa shape index (κ1) is 17.2. The van der Waals surface area contributed by atoms with Gasteiger partial charge in [0, 0.05) is 11.9 Å². The molecule has 0 atom stereocenters. The number of aryl methyl sites for hydroxylation is 1. The van der Waals surface area contributed by atoms with Crippen LogP contribution in [-0.4, -0.2) is 26.6 Å². The Hall–Kier alpha value is -2.66. The van der Waals surface area contributed by atoms with Crippen molar-refractivity contribution in [2.45, 2.75) is 18.6 Å². The van der Waals surface area contributed by atoms with E-state index in [0.717, 1.165) is 28.2 Å². The highest BCUT2D eigenvalue weighted by atomic mass is 32.2. The van der Waals surface area contributed by atoms with Crippen molar-refractivity contribution < 1.29 is 4.79 Å². The average molecular weight is 349 g/mol. The van der Waals surface area contributed by atoms with Gasteiger partial charge in [0.2, 0.25) is 0 Å². The number of pyridine rings is 1. The smallest absolute Gasteiger partial charge is 0.170 e. The van der Waals surface area contributed by atoms with Gasteiger partial charge in [0.1, 0.15) is 11.8 Å². The van der Waals surface area contributed by atoms with E-state index in [0.29, 0.717) is 12.3 Å². The van der Waals surface area contributed by atoms with E-state index in [9.17, 15) is 4.79 Å². The van der Waals surface area contributed by atoms with Gasteiger partial charge in [-0.25, -0.2) is 9.97 Å². The number of imidazole rings is 1. The van der Waals surface area contributed by atoms with E-state index in [-0.39, 0.29) is 0 Å². The summed E-state index contributed by atoms with van der Waals surface area (Å²) in [6.45, 7) is 6.54. The molecule has 0 aliphatic rings. The van der Waals surface area contributed by atoms with Crippen molar-refractivity contribution in [1.82, 2.24) is 14.5 Å². The number of thioether (sulfide) groups is 1. The van der Waals surface area contributed by atoms with Crippen LogP contribution in [0.15, 0.2) is 72.1 Å². The Morgan fingerprint density at radius 1 is 1.28 bits per heavy atom. The first-order valence-electron chi connectivity index (χ1n) is 7.97. The zero-order valence-corrected chi connectivity index (χ0v) is 14.9. The Morgan fingerprint density at radius 3 is 2.80 bits per heavy atom. The molecule has 0 saturated heterocycles. The molecule has 4 nitrogen and oxygen atoms in total. The summed E-state index contributed by atoms with van der Waals surface area (Å²) in [4.78, 5) is 19.9. The van der Waals surface area contributed by atoms with Gasteiger partial charge in [0.15, 0.2) is 10.8 Å². The zero-order valence-electron chi connectivity index (χ0n) is 14.1. The molecule has 1 aromatic carbocycles. The van der Waals surface area contributed by atoms with Gasteiger partial charge in [-0.15, -0.1) is 0 Å². The van der Waals surface area contributed by atoms with Gasteiger partial charge in [-0.2, -0.15) is 0 Å². The molecular weight excluding hydrogens is 330 g/mol. The van der Waals surface area contributed by atoms with E-state index in [1.807, 2.05) is 12.1 Å². The number of aldehydes is 1. The highest BCUT2D eigenvalue weighted by Crippen LogP contribution is 2.25. The maximum absolute atomic E-state index is 10.7. The summed E-state index contributed by atoms with van der Waals surface area (Å²) in [5.74, 6) is 0.638. The van der Waals surface area contributed by atoms with Crippen molar-refractivity contribution in [2.75, 3.05) is 5.75 Å². The van der Waals surface area contributed by atoms with Crippen LogP contribution in [-0.2, 0) is 11.3 Å². The predicted molar refractivity (Wildman–Crippen MR) is 103 cm³/mol. The van der Waals surface area contributed by atoms with E-state index in [1.165, 1.54) is 17.2 Å². The van der Waals surface area contributed by atoms with Crippen LogP contribution in [0.2, 0.25) is 0 Å². The van der Waals surface area contributed by atoms with E-state index >= 15 is 0 Å². The lowest BCUT2D eigenvalue weighted by Gasteiger charge is -2.09. The summed E-state index contributed by atoms with van der Waals surface area (Å²) in [6.07, 6.45) is 5.80. The molecule has 0 spiro atoms. The van der Waals surface area contributed by atoms with E-state index in [4.69, 9.17) is 4.98 Å². The molecule has 5 heteroatoms. The standard InChI is InChI=1S/C20H19N3OS/c1-3-16(10-12-24)14-25-20-22-18-5-4-11-21-19(18)23(20)13-17-8-6-15(2)7-9-17/h3-12H,1,13-14H2,2H3/b16-10+. The van der Waals surface area contributed by atoms with Gasteiger partial charge in [-0.05, 0) is 36.3 Å². The molecule has 25 heavy (non-hydrogen) atoms. The third kappa shape index (κ3) is 4.06. The molecule has 0 bridgehead atoms. The number of hydrogen-bond acceptors (Lipinski definition) is 4. The summed E-state index contributed by atoms with van der Waals surface area (Å²) < 4.78 is 2.12. The number of allylic oxidation sites excluding steroid dienone is 2. The lowest BCUT2D eigenvalue weighted by molar-refractivity contribution is -0.104. The van der Waals surface area contributed by atoms with E-state index in [2.05, 4.69) is 47.3 Å². The number of rotatable bonds is 7. The Balaban J connectivity index is 1.94. The molecule has 2 aromatic heterocycles. The molecule has 0 N–H and O–H groups in total. The van der Waals surface area contributed by atoms with Crippen LogP contribution in [0.5, 0.6) is 0 Å². The molecule has 3 rings (SSSR count). The molecule has 0 saturated carbocycles. The van der Waals surface area contributed by atoms with Crippen molar-refractivity contribution >= 4 is 29.2 Å². The number of hydrogen-bond donors (Lipinski definition) is 0. The largest absolute Gasteiger partial charge is 0.299 e. The normalized spacial score (nSPS) is 11.6. The van der Waals surface area contributed by atoms with Gasteiger partial charge in [0.05, 0.1) is 6.54 Å². The summed E-state index contributed by atoms with van der Waals surface area (Å²) in [6, 6.07) is 12.3. The second-order valence-electron chi connectivity index (χ2n) is 5.68. The Kier molecular flexibility index (Phi) is 5.46. The molecule has 126 valence electrons. The van der Waals surface area contributed by atoms with Crippen LogP contribution < -0.4 is 0 Å². The van der Waals surface area contributed by atoms with Crippen molar-refractivity contribution in [3.05, 3.63) is 78.0 Å². The minimum Gasteiger partial charge on any atom is -0.299 e. The third-order valence-electron chi connectivity index (χ3n) is 3.84. The monoisotopic (exact) mass is 349 g/mol. The summed E-state index contributed by atoms with van der Waals surface area (Å²) in [5, 5.41) is 0.882. The molecular formula is C20H19N3OS. The fourth-order valence-electron chi connectivity index (χ4n) is 2.48. The topological polar surface area (TPSA) is 47.8 Å². The van der Waals surface area contributed by atoms with Gasteiger partial charge in [-0.3, -0.25) is 9.36 Å². The number of carbonyl (C=O) groups excluding carboxylic acids is 1. The van der Waals surface area contributed by atoms with Gasteiger partial charge in [-0.1, -0.05) is 54.2 Å². The van der Waals surface area contributed by atoms with Crippen molar-refractivity contribution in [1.29, 1.82) is 0 Å². The predicted octanol–water partition coefficient (Wildman–Crippen LogP) is 4.19. The number of benzene rings is 1. The van der Waals surface area contributed by atoms with Crippen molar-refractivity contribution in [3.8, 4) is 0 Å². The molecule has 0 fully saturated rings. The van der Waals surface area contributed by atoms with Gasteiger partial charge >= 0.3 is 0 Å². The van der Waals surface area contributed by atoms with Crippen LogP contribution in [0.3, 0.4) is 0 Å². The quantitative estimate of drug-likeness (QED) is 0.278. The number of carbonyl (C=O) groups is 1. The lowest BCUT2D eigenvalue weighted by atomic mass is 10.1. The average Bonchev–Trinajstić information content (AvgIpc) is 2.98. The van der Waals surface area contributed by atoms with E-state index in [1.54, 1.807) is 24.0 Å². The highest BCUT2D eigenvalue weighted by Gasteiger charge is 2.13. The third-order valence-corrected chi connectivity index (χ3v) is 4.89. The summed E-state index contributed by atoms with van der Waals surface area (Å²) >= 11 is 1.58. The number of nitrogens with zero attached hydrogens (tertiary/aromatic N) is 3. The van der Waals surface area contributed by atoms with Crippen LogP contribution in [0.1, 0.15) is 11.1 Å². The maximum Gasteiger partial charge on any atom is 0.170 e. The SMILES string of the molecule is C=C/C(=C\C=O)CSc1nc2cccnc2n1Cc1ccc(C)cc1. The first-order valence-corrected chi connectivity index (χ1v) is 8.96. The summed E-state index contributed by atoms with van der Waals surface area (Å²) in [5.41, 5.74) is 5.05. The van der Waals surface area contributed by atoms with Crippen molar-refractivity contribution in [2.24, 2.45) is 0 Å². The fraction of sp³-hybridized carbons (Fsp3) is 0.150. The minimum absolute atomic E-state index is 0.638. The molecule has 0 unspecified atom stereocenters. The van der Waals surface area contributed by atoms with Crippen LogP contribution in [0.25, 0.3) is 11.2 Å². The molecule has 0 aliphatic heterocycles. The van der Waals surface area contributed by atoms with Crippen LogP contribution >= 0.6 is 11.8 Å². The first-order chi connectivity index (χ1) is 12.2. The van der Waals surface area contributed by atoms with Gasteiger partial charge in [0.25, 0.3) is 0 Å². The molecule has 0 aliphatic carbocycles. The Labute approximate surface area is 151 Å². The second kappa shape index (κ2) is 7.94. The Bertz CT molecular complexity index is 926. The minimum atomic E-state index is 0.638. The fourth-order valence-corrected chi connectivity index (χ4v) is 3.46. The zero-order chi connectivity index (χ0) is 17.6. The Morgan fingerprint density at radius 2 is 2.08 bits per heavy atom. The van der Waals surface area contributed by atoms with Crippen LogP contribution in [0, 0.1) is 6.92 Å². The molecule has 0 radical (unpaired) electrons. The lowest BCUT2D eigenvalue weighted by Crippen LogP contribution is -2.03. The number of fused-ring (bicyclic) bond motifs is 1. The van der Waals surface area contributed by atoms with Gasteiger partial charge < -0.3 is 0 Å². The maximum atomic E-state index is 10.7. The highest BCUT2D eigenvalue weighted by molar-refractivity contribution is 7.99. The molecule has 0 amide bonds. The van der Waals surface area contributed by atoms with Crippen LogP contribution in [0.4, 0.5) is 0 Å². The molecule has 3 aromatic rings. The molecule has 2 heterocycles.